The molecule has 0 saturated heterocycles. The van der Waals surface area contributed by atoms with Crippen LogP contribution in [0.3, 0.4) is 0 Å². The summed E-state index contributed by atoms with van der Waals surface area (Å²) < 4.78 is 0. The number of nitrogens with zero attached hydrogens (tertiary/aromatic N) is 2. The van der Waals surface area contributed by atoms with Gasteiger partial charge in [-0.2, -0.15) is 0 Å². The van der Waals surface area contributed by atoms with Crippen LogP contribution in [0, 0.1) is 0 Å². The molecule has 0 aromatic carbocycles. The molecule has 0 aliphatic carbocycles. The Kier molecular flexibility index (Phi) is 4.64. The molecule has 0 aliphatic heterocycles. The van der Waals surface area contributed by atoms with Crippen molar-refractivity contribution in [3.63, 3.8) is 0 Å². The van der Waals surface area contributed by atoms with E-state index in [1.807, 2.05) is 36.5 Å². The third kappa shape index (κ3) is 3.61. The highest BCUT2D eigenvalue weighted by Gasteiger charge is 2.04. The second-order valence-corrected chi connectivity index (χ2v) is 5.43. The van der Waals surface area contributed by atoms with E-state index in [2.05, 4.69) is 22.6 Å². The first-order chi connectivity index (χ1) is 8.40. The molecule has 2 rings (SSSR count). The molecule has 4 heteroatoms. The number of allylic oxidation sites excluding steroid dienone is 1. The van der Waals surface area contributed by atoms with Crippen LogP contribution in [0.2, 0.25) is 0 Å². The van der Waals surface area contributed by atoms with Crippen LogP contribution in [-0.4, -0.2) is 9.97 Å². The number of hydrogen-bond acceptors (Lipinski definition) is 4. The smallest absolute Gasteiger partial charge is 0.110 e. The monoisotopic (exact) mass is 260 g/mol. The van der Waals surface area contributed by atoms with Crippen LogP contribution in [0.25, 0.3) is 0 Å². The Labute approximate surface area is 109 Å². The summed E-state index contributed by atoms with van der Waals surface area (Å²) in [5, 5.41) is 2.02. The van der Waals surface area contributed by atoms with E-state index in [9.17, 15) is 0 Å². The third-order valence-electron chi connectivity index (χ3n) is 2.06. The summed E-state index contributed by atoms with van der Waals surface area (Å²) in [7, 11) is 3.26. The Morgan fingerprint density at radius 2 is 1.94 bits per heavy atom. The molecule has 2 heterocycles. The van der Waals surface area contributed by atoms with E-state index in [4.69, 9.17) is 0 Å². The van der Waals surface area contributed by atoms with Crippen LogP contribution in [0.4, 0.5) is 0 Å². The van der Waals surface area contributed by atoms with Crippen molar-refractivity contribution in [3.05, 3.63) is 60.9 Å². The number of aromatic nitrogens is 2. The molecule has 2 aromatic rings. The predicted molar refractivity (Wildman–Crippen MR) is 74.1 cm³/mol. The minimum Gasteiger partial charge on any atom is -0.249 e. The SMILES string of the molecule is C=CCc1cccnc1SSc1ccccn1. The summed E-state index contributed by atoms with van der Waals surface area (Å²) in [6, 6.07) is 9.93. The van der Waals surface area contributed by atoms with Crippen molar-refractivity contribution in [3.8, 4) is 0 Å². The lowest BCUT2D eigenvalue weighted by molar-refractivity contribution is 1.04. The average molecular weight is 260 g/mol. The molecule has 2 nitrogen and oxygen atoms in total. The van der Waals surface area contributed by atoms with Gasteiger partial charge in [-0.05, 0) is 51.8 Å². The minimum absolute atomic E-state index is 0.846. The van der Waals surface area contributed by atoms with Gasteiger partial charge in [0.15, 0.2) is 0 Å². The van der Waals surface area contributed by atoms with Gasteiger partial charge >= 0.3 is 0 Å². The fourth-order valence-electron chi connectivity index (χ4n) is 1.29. The summed E-state index contributed by atoms with van der Waals surface area (Å²) in [5.74, 6) is 0. The van der Waals surface area contributed by atoms with Gasteiger partial charge in [0.25, 0.3) is 0 Å². The fraction of sp³-hybridized carbons (Fsp3) is 0.0769. The van der Waals surface area contributed by atoms with Gasteiger partial charge in [0.1, 0.15) is 10.1 Å². The largest absolute Gasteiger partial charge is 0.249 e. The summed E-state index contributed by atoms with van der Waals surface area (Å²) in [4.78, 5) is 8.64. The van der Waals surface area contributed by atoms with Crippen LogP contribution in [0.5, 0.6) is 0 Å². The van der Waals surface area contributed by atoms with E-state index in [0.29, 0.717) is 0 Å². The van der Waals surface area contributed by atoms with E-state index in [-0.39, 0.29) is 0 Å². The molecule has 0 spiro atoms. The zero-order valence-corrected chi connectivity index (χ0v) is 10.9. The normalized spacial score (nSPS) is 10.1. The summed E-state index contributed by atoms with van der Waals surface area (Å²) in [5.41, 5.74) is 1.20. The first kappa shape index (κ1) is 12.2. The highest BCUT2D eigenvalue weighted by Crippen LogP contribution is 2.36. The average Bonchev–Trinajstić information content (AvgIpc) is 2.39. The topological polar surface area (TPSA) is 25.8 Å². The van der Waals surface area contributed by atoms with Gasteiger partial charge in [-0.3, -0.25) is 0 Å². The molecule has 2 aromatic heterocycles. The van der Waals surface area contributed by atoms with Crippen LogP contribution in [-0.2, 0) is 6.42 Å². The zero-order valence-electron chi connectivity index (χ0n) is 9.24. The number of hydrogen-bond donors (Lipinski definition) is 0. The third-order valence-corrected chi connectivity index (χ3v) is 4.31. The second-order valence-electron chi connectivity index (χ2n) is 3.30. The van der Waals surface area contributed by atoms with Crippen LogP contribution >= 0.6 is 21.6 Å². The Morgan fingerprint density at radius 1 is 1.06 bits per heavy atom. The van der Waals surface area contributed by atoms with Crippen LogP contribution in [0.1, 0.15) is 5.56 Å². The van der Waals surface area contributed by atoms with Crippen molar-refractivity contribution < 1.29 is 0 Å². The van der Waals surface area contributed by atoms with Gasteiger partial charge in [-0.1, -0.05) is 18.2 Å². The lowest BCUT2D eigenvalue weighted by atomic mass is 10.2. The van der Waals surface area contributed by atoms with Crippen molar-refractivity contribution in [1.29, 1.82) is 0 Å². The molecule has 0 amide bonds. The molecule has 0 fully saturated rings. The van der Waals surface area contributed by atoms with Gasteiger partial charge in [0.2, 0.25) is 0 Å². The Hall–Kier alpha value is -1.26. The van der Waals surface area contributed by atoms with E-state index in [1.54, 1.807) is 27.8 Å². The van der Waals surface area contributed by atoms with Gasteiger partial charge < -0.3 is 0 Å². The molecule has 0 atom stereocenters. The predicted octanol–water partition coefficient (Wildman–Crippen LogP) is 4.00. The number of rotatable bonds is 5. The minimum atomic E-state index is 0.846. The maximum Gasteiger partial charge on any atom is 0.110 e. The van der Waals surface area contributed by atoms with Crippen molar-refractivity contribution in [1.82, 2.24) is 9.97 Å². The second kappa shape index (κ2) is 6.47. The van der Waals surface area contributed by atoms with Gasteiger partial charge in [-0.25, -0.2) is 9.97 Å². The first-order valence-electron chi connectivity index (χ1n) is 5.20. The lowest BCUT2D eigenvalue weighted by Crippen LogP contribution is -1.87. The van der Waals surface area contributed by atoms with Crippen molar-refractivity contribution in [2.75, 3.05) is 0 Å². The van der Waals surface area contributed by atoms with E-state index >= 15 is 0 Å². The molecule has 17 heavy (non-hydrogen) atoms. The Morgan fingerprint density at radius 3 is 2.71 bits per heavy atom. The molecule has 0 N–H and O–H groups in total. The van der Waals surface area contributed by atoms with E-state index in [1.165, 1.54) is 5.56 Å². The molecule has 0 radical (unpaired) electrons. The highest BCUT2D eigenvalue weighted by molar-refractivity contribution is 8.76. The van der Waals surface area contributed by atoms with Gasteiger partial charge in [0, 0.05) is 12.4 Å². The quantitative estimate of drug-likeness (QED) is 0.599. The zero-order chi connectivity index (χ0) is 11.9. The first-order valence-corrected chi connectivity index (χ1v) is 7.35. The maximum atomic E-state index is 4.38. The summed E-state index contributed by atoms with van der Waals surface area (Å²) in [6.07, 6.45) is 6.35. The molecular formula is C13H12N2S2. The van der Waals surface area contributed by atoms with E-state index < -0.39 is 0 Å². The Balaban J connectivity index is 2.06. The molecule has 0 aliphatic rings. The van der Waals surface area contributed by atoms with E-state index in [0.717, 1.165) is 16.5 Å². The van der Waals surface area contributed by atoms with Crippen molar-refractivity contribution >= 4 is 21.6 Å². The summed E-state index contributed by atoms with van der Waals surface area (Å²) >= 11 is 0. The Bertz CT molecular complexity index is 486. The summed E-state index contributed by atoms with van der Waals surface area (Å²) in [6.45, 7) is 3.76. The van der Waals surface area contributed by atoms with Gasteiger partial charge in [0.05, 0.1) is 0 Å². The van der Waals surface area contributed by atoms with Gasteiger partial charge in [-0.15, -0.1) is 6.58 Å². The highest BCUT2D eigenvalue weighted by atomic mass is 33.1. The molecule has 86 valence electrons. The van der Waals surface area contributed by atoms with Crippen molar-refractivity contribution in [2.45, 2.75) is 16.5 Å². The molecule has 0 unspecified atom stereocenters. The lowest BCUT2D eigenvalue weighted by Gasteiger charge is -2.04. The molecule has 0 saturated carbocycles. The standard InChI is InChI=1S/C13H12N2S2/c1-2-6-11-7-5-10-15-13(11)17-16-12-8-3-4-9-14-12/h2-5,7-10H,1,6H2. The van der Waals surface area contributed by atoms with Crippen LogP contribution in [0.15, 0.2) is 65.4 Å². The molecular weight excluding hydrogens is 248 g/mol. The maximum absolute atomic E-state index is 4.38. The fourth-order valence-corrected chi connectivity index (χ4v) is 3.29. The number of pyridine rings is 2. The molecule has 0 bridgehead atoms. The van der Waals surface area contributed by atoms with Crippen LogP contribution < -0.4 is 0 Å². The van der Waals surface area contributed by atoms with Crippen molar-refractivity contribution in [2.24, 2.45) is 0 Å².